The number of benzene rings is 1. The summed E-state index contributed by atoms with van der Waals surface area (Å²) < 4.78 is 0. The lowest BCUT2D eigenvalue weighted by atomic mass is 10.0. The van der Waals surface area contributed by atoms with Gasteiger partial charge in [-0.2, -0.15) is 0 Å². The Morgan fingerprint density at radius 3 is 2.38 bits per heavy atom. The van der Waals surface area contributed by atoms with Crippen molar-refractivity contribution in [2.75, 3.05) is 0 Å². The SMILES string of the molecule is CC(=O)c1c(S)cccc1C(=O)O. The van der Waals surface area contributed by atoms with Crippen molar-refractivity contribution in [1.82, 2.24) is 0 Å². The third-order valence-electron chi connectivity index (χ3n) is 1.62. The Balaban J connectivity index is 3.43. The highest BCUT2D eigenvalue weighted by Crippen LogP contribution is 2.18. The zero-order valence-corrected chi connectivity index (χ0v) is 7.84. The largest absolute Gasteiger partial charge is 0.478 e. The van der Waals surface area contributed by atoms with E-state index in [1.54, 1.807) is 12.1 Å². The average Bonchev–Trinajstić information content (AvgIpc) is 2.02. The van der Waals surface area contributed by atoms with Crippen LogP contribution in [0.5, 0.6) is 0 Å². The minimum atomic E-state index is -1.11. The molecule has 68 valence electrons. The summed E-state index contributed by atoms with van der Waals surface area (Å²) in [6.07, 6.45) is 0. The van der Waals surface area contributed by atoms with E-state index in [4.69, 9.17) is 5.11 Å². The number of carbonyl (C=O) groups is 2. The minimum Gasteiger partial charge on any atom is -0.478 e. The van der Waals surface area contributed by atoms with Crippen LogP contribution in [0.4, 0.5) is 0 Å². The molecule has 0 aromatic heterocycles. The van der Waals surface area contributed by atoms with Gasteiger partial charge in [0.15, 0.2) is 5.78 Å². The van der Waals surface area contributed by atoms with Crippen LogP contribution in [0.3, 0.4) is 0 Å². The maximum atomic E-state index is 11.1. The fraction of sp³-hybridized carbons (Fsp3) is 0.111. The van der Waals surface area contributed by atoms with E-state index < -0.39 is 5.97 Å². The van der Waals surface area contributed by atoms with Crippen LogP contribution in [0.1, 0.15) is 27.6 Å². The molecule has 0 aliphatic rings. The predicted octanol–water partition coefficient (Wildman–Crippen LogP) is 1.88. The Morgan fingerprint density at radius 1 is 1.38 bits per heavy atom. The molecule has 0 saturated carbocycles. The number of thiol groups is 1. The molecule has 0 unspecified atom stereocenters. The third-order valence-corrected chi connectivity index (χ3v) is 2.00. The first kappa shape index (κ1) is 9.80. The monoisotopic (exact) mass is 196 g/mol. The number of carbonyl (C=O) groups excluding carboxylic acids is 1. The molecular formula is C9H8O3S. The standard InChI is InChI=1S/C9H8O3S/c1-5(10)8-6(9(11)12)3-2-4-7(8)13/h2-4,13H,1H3,(H,11,12). The molecule has 1 N–H and O–H groups in total. The zero-order chi connectivity index (χ0) is 10.0. The molecular weight excluding hydrogens is 188 g/mol. The van der Waals surface area contributed by atoms with Crippen molar-refractivity contribution in [3.8, 4) is 0 Å². The zero-order valence-electron chi connectivity index (χ0n) is 6.94. The summed E-state index contributed by atoms with van der Waals surface area (Å²) in [5, 5.41) is 8.75. The molecule has 3 nitrogen and oxygen atoms in total. The van der Waals surface area contributed by atoms with E-state index in [9.17, 15) is 9.59 Å². The lowest BCUT2D eigenvalue weighted by molar-refractivity contribution is 0.0692. The number of Topliss-reactive ketones (excluding diaryl/α,β-unsaturated/α-hetero) is 1. The van der Waals surface area contributed by atoms with Crippen molar-refractivity contribution >= 4 is 24.4 Å². The molecule has 0 fully saturated rings. The van der Waals surface area contributed by atoms with Crippen LogP contribution in [0, 0.1) is 0 Å². The maximum absolute atomic E-state index is 11.1. The molecule has 0 bridgehead atoms. The summed E-state index contributed by atoms with van der Waals surface area (Å²) in [5.74, 6) is -1.40. The van der Waals surface area contributed by atoms with Gasteiger partial charge in [0, 0.05) is 10.5 Å². The Labute approximate surface area is 80.8 Å². The number of carboxylic acids is 1. The van der Waals surface area contributed by atoms with Crippen LogP contribution in [0.2, 0.25) is 0 Å². The number of aromatic carboxylic acids is 1. The highest BCUT2D eigenvalue weighted by atomic mass is 32.1. The van der Waals surface area contributed by atoms with E-state index in [2.05, 4.69) is 12.6 Å². The van der Waals surface area contributed by atoms with Gasteiger partial charge in [0.2, 0.25) is 0 Å². The fourth-order valence-corrected chi connectivity index (χ4v) is 1.45. The lowest BCUT2D eigenvalue weighted by Gasteiger charge is -2.04. The van der Waals surface area contributed by atoms with E-state index in [1.807, 2.05) is 0 Å². The van der Waals surface area contributed by atoms with Crippen molar-refractivity contribution in [1.29, 1.82) is 0 Å². The molecule has 0 heterocycles. The summed E-state index contributed by atoms with van der Waals surface area (Å²) in [6.45, 7) is 1.32. The molecule has 13 heavy (non-hydrogen) atoms. The number of rotatable bonds is 2. The normalized spacial score (nSPS) is 9.69. The summed E-state index contributed by atoms with van der Waals surface area (Å²) in [6, 6.07) is 4.53. The summed E-state index contributed by atoms with van der Waals surface area (Å²) in [7, 11) is 0. The van der Waals surface area contributed by atoms with Gasteiger partial charge >= 0.3 is 5.97 Å². The Morgan fingerprint density at radius 2 is 2.00 bits per heavy atom. The van der Waals surface area contributed by atoms with Gasteiger partial charge in [-0.15, -0.1) is 12.6 Å². The van der Waals surface area contributed by atoms with Gasteiger partial charge in [0.1, 0.15) is 0 Å². The van der Waals surface area contributed by atoms with Gasteiger partial charge < -0.3 is 5.11 Å². The minimum absolute atomic E-state index is 0.000000000000000222. The summed E-state index contributed by atoms with van der Waals surface area (Å²) in [5.41, 5.74) is 0.165. The lowest BCUT2D eigenvalue weighted by Crippen LogP contribution is -2.06. The molecule has 4 heteroatoms. The van der Waals surface area contributed by atoms with E-state index in [0.717, 1.165) is 0 Å². The van der Waals surface area contributed by atoms with E-state index in [-0.39, 0.29) is 16.9 Å². The molecule has 0 radical (unpaired) electrons. The van der Waals surface area contributed by atoms with E-state index in [1.165, 1.54) is 13.0 Å². The van der Waals surface area contributed by atoms with Gasteiger partial charge in [-0.1, -0.05) is 6.07 Å². The van der Waals surface area contributed by atoms with Crippen molar-refractivity contribution < 1.29 is 14.7 Å². The molecule has 0 spiro atoms. The number of hydrogen-bond donors (Lipinski definition) is 2. The topological polar surface area (TPSA) is 54.4 Å². The molecule has 0 aliphatic carbocycles. The van der Waals surface area contributed by atoms with Crippen molar-refractivity contribution in [3.05, 3.63) is 29.3 Å². The van der Waals surface area contributed by atoms with E-state index in [0.29, 0.717) is 4.90 Å². The maximum Gasteiger partial charge on any atom is 0.336 e. The van der Waals surface area contributed by atoms with Gasteiger partial charge in [0.25, 0.3) is 0 Å². The van der Waals surface area contributed by atoms with Crippen molar-refractivity contribution in [2.45, 2.75) is 11.8 Å². The van der Waals surface area contributed by atoms with Gasteiger partial charge in [-0.05, 0) is 19.1 Å². The van der Waals surface area contributed by atoms with Crippen LogP contribution in [-0.2, 0) is 0 Å². The first-order valence-corrected chi connectivity index (χ1v) is 4.05. The second-order valence-electron chi connectivity index (χ2n) is 2.56. The molecule has 1 aromatic rings. The number of ketones is 1. The van der Waals surface area contributed by atoms with Gasteiger partial charge in [-0.25, -0.2) is 4.79 Å². The smallest absolute Gasteiger partial charge is 0.336 e. The van der Waals surface area contributed by atoms with Crippen LogP contribution in [0.25, 0.3) is 0 Å². The molecule has 1 aromatic carbocycles. The van der Waals surface area contributed by atoms with Gasteiger partial charge in [0.05, 0.1) is 5.56 Å². The van der Waals surface area contributed by atoms with Crippen LogP contribution >= 0.6 is 12.6 Å². The first-order chi connectivity index (χ1) is 6.04. The molecule has 0 amide bonds. The van der Waals surface area contributed by atoms with Gasteiger partial charge in [-0.3, -0.25) is 4.79 Å². The van der Waals surface area contributed by atoms with Crippen LogP contribution in [0.15, 0.2) is 23.1 Å². The van der Waals surface area contributed by atoms with Crippen LogP contribution in [-0.4, -0.2) is 16.9 Å². The highest BCUT2D eigenvalue weighted by molar-refractivity contribution is 7.80. The van der Waals surface area contributed by atoms with Crippen molar-refractivity contribution in [3.63, 3.8) is 0 Å². The Hall–Kier alpha value is -1.29. The van der Waals surface area contributed by atoms with E-state index >= 15 is 0 Å². The summed E-state index contributed by atoms with van der Waals surface area (Å²) >= 11 is 4.02. The molecule has 1 rings (SSSR count). The number of carboxylic acid groups (broad SMARTS) is 1. The van der Waals surface area contributed by atoms with Crippen LogP contribution < -0.4 is 0 Å². The van der Waals surface area contributed by atoms with Crippen molar-refractivity contribution in [2.24, 2.45) is 0 Å². The Bertz CT molecular complexity index is 371. The second kappa shape index (κ2) is 3.62. The average molecular weight is 196 g/mol. The second-order valence-corrected chi connectivity index (χ2v) is 3.04. The molecule has 0 saturated heterocycles. The quantitative estimate of drug-likeness (QED) is 0.561. The predicted molar refractivity (Wildman–Crippen MR) is 50.7 cm³/mol. The molecule has 0 atom stereocenters. The Kier molecular flexibility index (Phi) is 2.72. The molecule has 0 aliphatic heterocycles. The summed E-state index contributed by atoms with van der Waals surface area (Å²) in [4.78, 5) is 22.2. The fourth-order valence-electron chi connectivity index (χ4n) is 1.09. The highest BCUT2D eigenvalue weighted by Gasteiger charge is 2.15. The number of hydrogen-bond acceptors (Lipinski definition) is 3. The first-order valence-electron chi connectivity index (χ1n) is 3.60. The third kappa shape index (κ3) is 1.89.